The summed E-state index contributed by atoms with van der Waals surface area (Å²) in [4.78, 5) is 17.4. The van der Waals surface area contributed by atoms with Crippen molar-refractivity contribution >= 4 is 38.6 Å². The predicted molar refractivity (Wildman–Crippen MR) is 128 cm³/mol. The second-order valence-electron chi connectivity index (χ2n) is 7.68. The van der Waals surface area contributed by atoms with Gasteiger partial charge in [-0.15, -0.1) is 0 Å². The maximum atomic E-state index is 12.9. The summed E-state index contributed by atoms with van der Waals surface area (Å²) < 4.78 is 18.2. The summed E-state index contributed by atoms with van der Waals surface area (Å²) in [6.07, 6.45) is 0. The number of anilines is 1. The first-order valence-corrected chi connectivity index (χ1v) is 11.0. The number of nitrogens with one attached hydrogen (secondary N) is 1. The number of rotatable bonds is 7. The Labute approximate surface area is 194 Å². The van der Waals surface area contributed by atoms with Crippen LogP contribution in [0.2, 0.25) is 0 Å². The molecule has 7 heteroatoms. The van der Waals surface area contributed by atoms with Crippen LogP contribution in [0, 0.1) is 0 Å². The van der Waals surface area contributed by atoms with Crippen molar-refractivity contribution in [1.29, 1.82) is 0 Å². The fraction of sp³-hybridized carbons (Fsp3) is 0.200. The van der Waals surface area contributed by atoms with Crippen LogP contribution in [0.15, 0.2) is 75.6 Å². The number of carbonyl (C=O) groups excluding carboxylic acids is 1. The standard InChI is InChI=1S/C25H23BrN2O4/c1-4-30-19-10-5-16(6-11-19)23-28-21-15-18(9-14-22(21)31-23)27-24(29)25(2,3)32-20-12-7-17(26)8-13-20/h5-15H,4H2,1-3H3,(H,27,29). The van der Waals surface area contributed by atoms with Crippen molar-refractivity contribution in [2.45, 2.75) is 26.4 Å². The molecule has 0 saturated carbocycles. The number of halogens is 1. The minimum absolute atomic E-state index is 0.269. The van der Waals surface area contributed by atoms with Gasteiger partial charge in [-0.2, -0.15) is 0 Å². The number of oxazole rings is 1. The highest BCUT2D eigenvalue weighted by atomic mass is 79.9. The van der Waals surface area contributed by atoms with Crippen molar-refractivity contribution in [3.8, 4) is 23.0 Å². The third kappa shape index (κ3) is 4.94. The Kier molecular flexibility index (Phi) is 6.19. The molecule has 4 rings (SSSR count). The Bertz CT molecular complexity index is 1230. The summed E-state index contributed by atoms with van der Waals surface area (Å²) in [6.45, 7) is 6.01. The average molecular weight is 495 g/mol. The van der Waals surface area contributed by atoms with E-state index in [0.717, 1.165) is 15.8 Å². The number of hydrogen-bond donors (Lipinski definition) is 1. The Balaban J connectivity index is 1.49. The van der Waals surface area contributed by atoms with Crippen molar-refractivity contribution in [2.75, 3.05) is 11.9 Å². The second-order valence-corrected chi connectivity index (χ2v) is 8.60. The van der Waals surface area contributed by atoms with E-state index in [1.54, 1.807) is 32.0 Å². The van der Waals surface area contributed by atoms with Crippen molar-refractivity contribution in [2.24, 2.45) is 0 Å². The van der Waals surface area contributed by atoms with Gasteiger partial charge in [-0.1, -0.05) is 15.9 Å². The zero-order chi connectivity index (χ0) is 22.7. The SMILES string of the molecule is CCOc1ccc(-c2nc3cc(NC(=O)C(C)(C)Oc4ccc(Br)cc4)ccc3o2)cc1. The molecule has 0 aliphatic rings. The molecule has 164 valence electrons. The van der Waals surface area contributed by atoms with Crippen molar-refractivity contribution in [1.82, 2.24) is 4.98 Å². The highest BCUT2D eigenvalue weighted by Gasteiger charge is 2.30. The van der Waals surface area contributed by atoms with Crippen LogP contribution in [0.4, 0.5) is 5.69 Å². The van der Waals surface area contributed by atoms with Crippen molar-refractivity contribution in [3.63, 3.8) is 0 Å². The van der Waals surface area contributed by atoms with Gasteiger partial charge in [-0.25, -0.2) is 4.98 Å². The van der Waals surface area contributed by atoms with Gasteiger partial charge >= 0.3 is 0 Å². The molecule has 0 bridgehead atoms. The number of nitrogens with zero attached hydrogens (tertiary/aromatic N) is 1. The summed E-state index contributed by atoms with van der Waals surface area (Å²) in [6, 6.07) is 20.3. The average Bonchev–Trinajstić information content (AvgIpc) is 3.19. The molecule has 0 saturated heterocycles. The Morgan fingerprint density at radius 1 is 1.03 bits per heavy atom. The minimum atomic E-state index is -1.07. The molecule has 0 unspecified atom stereocenters. The van der Waals surface area contributed by atoms with Gasteiger partial charge in [-0.05, 0) is 87.5 Å². The molecule has 0 radical (unpaired) electrons. The fourth-order valence-electron chi connectivity index (χ4n) is 3.11. The summed E-state index contributed by atoms with van der Waals surface area (Å²) >= 11 is 3.39. The van der Waals surface area contributed by atoms with Crippen LogP contribution < -0.4 is 14.8 Å². The maximum absolute atomic E-state index is 12.9. The molecule has 0 aliphatic carbocycles. The molecular formula is C25H23BrN2O4. The molecule has 4 aromatic rings. The predicted octanol–water partition coefficient (Wildman–Crippen LogP) is 6.45. The number of fused-ring (bicyclic) bond motifs is 1. The van der Waals surface area contributed by atoms with E-state index in [1.165, 1.54) is 0 Å². The minimum Gasteiger partial charge on any atom is -0.494 e. The quantitative estimate of drug-likeness (QED) is 0.319. The van der Waals surface area contributed by atoms with Gasteiger partial charge in [0.1, 0.15) is 17.0 Å². The lowest BCUT2D eigenvalue weighted by Gasteiger charge is -2.25. The van der Waals surface area contributed by atoms with E-state index in [2.05, 4.69) is 26.2 Å². The largest absolute Gasteiger partial charge is 0.494 e. The van der Waals surface area contributed by atoms with Gasteiger partial charge in [0, 0.05) is 15.7 Å². The molecule has 0 spiro atoms. The molecule has 1 N–H and O–H groups in total. The van der Waals surface area contributed by atoms with Crippen LogP contribution in [0.1, 0.15) is 20.8 Å². The molecule has 0 aliphatic heterocycles. The molecule has 1 aromatic heterocycles. The molecule has 0 atom stereocenters. The second kappa shape index (κ2) is 9.04. The topological polar surface area (TPSA) is 73.6 Å². The third-order valence-electron chi connectivity index (χ3n) is 4.79. The van der Waals surface area contributed by atoms with E-state index in [4.69, 9.17) is 13.9 Å². The van der Waals surface area contributed by atoms with Crippen LogP contribution in [-0.2, 0) is 4.79 Å². The molecule has 32 heavy (non-hydrogen) atoms. The zero-order valence-corrected chi connectivity index (χ0v) is 19.6. The van der Waals surface area contributed by atoms with E-state index >= 15 is 0 Å². The summed E-state index contributed by atoms with van der Waals surface area (Å²) in [5.41, 5.74) is 1.68. The number of hydrogen-bond acceptors (Lipinski definition) is 5. The normalized spacial score (nSPS) is 11.4. The number of aromatic nitrogens is 1. The van der Waals surface area contributed by atoms with Crippen molar-refractivity contribution < 1.29 is 18.7 Å². The monoisotopic (exact) mass is 494 g/mol. The number of carbonyl (C=O) groups is 1. The molecule has 1 amide bonds. The van der Waals surface area contributed by atoms with Gasteiger partial charge in [0.15, 0.2) is 11.2 Å². The Hall–Kier alpha value is -3.32. The highest BCUT2D eigenvalue weighted by molar-refractivity contribution is 9.10. The smallest absolute Gasteiger partial charge is 0.267 e. The first kappa shape index (κ1) is 21.9. The van der Waals surface area contributed by atoms with E-state index < -0.39 is 5.60 Å². The fourth-order valence-corrected chi connectivity index (χ4v) is 3.38. The van der Waals surface area contributed by atoms with Gasteiger partial charge in [0.25, 0.3) is 5.91 Å². The molecule has 6 nitrogen and oxygen atoms in total. The number of benzene rings is 3. The number of amides is 1. The molecule has 3 aromatic carbocycles. The van der Waals surface area contributed by atoms with E-state index in [9.17, 15) is 4.79 Å². The summed E-state index contributed by atoms with van der Waals surface area (Å²) in [5.74, 6) is 1.64. The Morgan fingerprint density at radius 2 is 1.72 bits per heavy atom. The lowest BCUT2D eigenvalue weighted by atomic mass is 10.1. The van der Waals surface area contributed by atoms with Crippen LogP contribution in [0.5, 0.6) is 11.5 Å². The van der Waals surface area contributed by atoms with Crippen LogP contribution in [0.25, 0.3) is 22.6 Å². The summed E-state index contributed by atoms with van der Waals surface area (Å²) in [5, 5.41) is 2.91. The van der Waals surface area contributed by atoms with E-state index in [1.807, 2.05) is 55.5 Å². The van der Waals surface area contributed by atoms with Crippen LogP contribution in [-0.4, -0.2) is 23.1 Å². The lowest BCUT2D eigenvalue weighted by Crippen LogP contribution is -2.42. The third-order valence-corrected chi connectivity index (χ3v) is 5.32. The summed E-state index contributed by atoms with van der Waals surface area (Å²) in [7, 11) is 0. The highest BCUT2D eigenvalue weighted by Crippen LogP contribution is 2.28. The molecular weight excluding hydrogens is 472 g/mol. The van der Waals surface area contributed by atoms with Gasteiger partial charge in [-0.3, -0.25) is 4.79 Å². The van der Waals surface area contributed by atoms with Crippen LogP contribution in [0.3, 0.4) is 0 Å². The Morgan fingerprint density at radius 3 is 2.41 bits per heavy atom. The van der Waals surface area contributed by atoms with E-state index in [-0.39, 0.29) is 5.91 Å². The molecule has 0 fully saturated rings. The number of ether oxygens (including phenoxy) is 2. The van der Waals surface area contributed by atoms with Gasteiger partial charge in [0.05, 0.1) is 6.61 Å². The molecule has 1 heterocycles. The van der Waals surface area contributed by atoms with Crippen molar-refractivity contribution in [3.05, 3.63) is 71.2 Å². The van der Waals surface area contributed by atoms with E-state index in [0.29, 0.717) is 35.0 Å². The zero-order valence-electron chi connectivity index (χ0n) is 18.0. The van der Waals surface area contributed by atoms with Gasteiger partial charge < -0.3 is 19.2 Å². The maximum Gasteiger partial charge on any atom is 0.267 e. The lowest BCUT2D eigenvalue weighted by molar-refractivity contribution is -0.128. The van der Waals surface area contributed by atoms with Gasteiger partial charge in [0.2, 0.25) is 5.89 Å². The first-order valence-electron chi connectivity index (χ1n) is 10.2. The first-order chi connectivity index (χ1) is 15.3. The van der Waals surface area contributed by atoms with Crippen LogP contribution >= 0.6 is 15.9 Å².